The molecule has 0 aromatic carbocycles. The van der Waals surface area contributed by atoms with Gasteiger partial charge in [-0.2, -0.15) is 0 Å². The van der Waals surface area contributed by atoms with E-state index in [1.807, 2.05) is 12.2 Å². The van der Waals surface area contributed by atoms with Gasteiger partial charge in [-0.3, -0.25) is 0 Å². The normalized spacial score (nSPS) is 32.9. The average molecular weight is 261 g/mol. The van der Waals surface area contributed by atoms with Gasteiger partial charge in [0.25, 0.3) is 0 Å². The van der Waals surface area contributed by atoms with Crippen LogP contribution in [0.3, 0.4) is 0 Å². The zero-order valence-electron chi connectivity index (χ0n) is 8.30. The monoisotopic (exact) mass is 260 g/mol. The number of halogens is 2. The minimum Gasteiger partial charge on any atom is -0.369 e. The van der Waals surface area contributed by atoms with Gasteiger partial charge in [0.05, 0.1) is 24.6 Å². The van der Waals surface area contributed by atoms with Crippen molar-refractivity contribution in [3.8, 4) is 0 Å². The molecule has 0 unspecified atom stereocenters. The number of hydrogen-bond donors (Lipinski definition) is 2. The van der Waals surface area contributed by atoms with Gasteiger partial charge in [-0.25, -0.2) is 0 Å². The predicted octanol–water partition coefficient (Wildman–Crippen LogP) is 1.35. The third kappa shape index (κ3) is 1.72. The van der Waals surface area contributed by atoms with E-state index < -0.39 is 0 Å². The highest BCUT2D eigenvalue weighted by Gasteiger charge is 2.31. The second kappa shape index (κ2) is 3.96. The fraction of sp³-hybridized carbons (Fsp3) is 0.400. The summed E-state index contributed by atoms with van der Waals surface area (Å²) < 4.78 is 11.2. The lowest BCUT2D eigenvalue weighted by molar-refractivity contribution is -0.103. The molecule has 2 atom stereocenters. The maximum Gasteiger partial charge on any atom is 0.142 e. The van der Waals surface area contributed by atoms with Gasteiger partial charge in [0.2, 0.25) is 0 Å². The van der Waals surface area contributed by atoms with Crippen LogP contribution in [0.4, 0.5) is 0 Å². The van der Waals surface area contributed by atoms with Crippen LogP contribution in [0.25, 0.3) is 0 Å². The summed E-state index contributed by atoms with van der Waals surface area (Å²) in [6.45, 7) is 1.23. The Morgan fingerprint density at radius 3 is 1.81 bits per heavy atom. The fourth-order valence-electron chi connectivity index (χ4n) is 1.92. The van der Waals surface area contributed by atoms with Crippen LogP contribution in [0, 0.1) is 0 Å². The van der Waals surface area contributed by atoms with E-state index in [0.717, 1.165) is 11.4 Å². The Bertz CT molecular complexity index is 379. The molecule has 0 aromatic rings. The van der Waals surface area contributed by atoms with Crippen molar-refractivity contribution in [1.82, 2.24) is 10.6 Å². The summed E-state index contributed by atoms with van der Waals surface area (Å²) >= 11 is 11.8. The smallest absolute Gasteiger partial charge is 0.142 e. The quantitative estimate of drug-likeness (QED) is 0.646. The summed E-state index contributed by atoms with van der Waals surface area (Å²) in [4.78, 5) is 0. The summed E-state index contributed by atoms with van der Waals surface area (Å²) in [5.41, 5.74) is 1.75. The van der Waals surface area contributed by atoms with Crippen LogP contribution in [-0.4, -0.2) is 25.4 Å². The first kappa shape index (κ1) is 10.5. The first-order valence-corrected chi connectivity index (χ1v) is 5.76. The van der Waals surface area contributed by atoms with Gasteiger partial charge in [-0.1, -0.05) is 23.2 Å². The van der Waals surface area contributed by atoms with Crippen LogP contribution < -0.4 is 10.6 Å². The Morgan fingerprint density at radius 1 is 0.938 bits per heavy atom. The molecule has 0 radical (unpaired) electrons. The summed E-state index contributed by atoms with van der Waals surface area (Å²) in [5.74, 6) is 0. The van der Waals surface area contributed by atoms with Gasteiger partial charge in [0.1, 0.15) is 22.5 Å². The Hall–Kier alpha value is -0.680. The predicted molar refractivity (Wildman–Crippen MR) is 60.6 cm³/mol. The topological polar surface area (TPSA) is 42.5 Å². The van der Waals surface area contributed by atoms with Crippen LogP contribution in [0.15, 0.2) is 33.9 Å². The maximum atomic E-state index is 5.90. The Balaban J connectivity index is 1.92. The van der Waals surface area contributed by atoms with Crippen LogP contribution in [0.2, 0.25) is 0 Å². The number of ether oxygens (including phenoxy) is 2. The van der Waals surface area contributed by atoms with Crippen molar-refractivity contribution in [2.75, 3.05) is 13.2 Å². The molecule has 2 aliphatic heterocycles. The van der Waals surface area contributed by atoms with Gasteiger partial charge in [0, 0.05) is 0 Å². The van der Waals surface area contributed by atoms with E-state index >= 15 is 0 Å². The maximum absolute atomic E-state index is 5.90. The number of hydrogen-bond acceptors (Lipinski definition) is 4. The van der Waals surface area contributed by atoms with Gasteiger partial charge in [-0.15, -0.1) is 0 Å². The second-order valence-corrected chi connectivity index (χ2v) is 4.47. The molecule has 86 valence electrons. The highest BCUT2D eigenvalue weighted by Crippen LogP contribution is 2.28. The molecule has 0 saturated carbocycles. The third-order valence-corrected chi connectivity index (χ3v) is 3.32. The zero-order chi connectivity index (χ0) is 11.1. The molecule has 1 aliphatic carbocycles. The molecule has 3 rings (SSSR count). The van der Waals surface area contributed by atoms with Gasteiger partial charge in [-0.05, 0) is 12.2 Å². The molecular formula is C10H10Cl2N2O2. The van der Waals surface area contributed by atoms with Gasteiger partial charge >= 0.3 is 0 Å². The molecular weight excluding hydrogens is 251 g/mol. The molecule has 2 N–H and O–H groups in total. The molecule has 1 fully saturated rings. The van der Waals surface area contributed by atoms with E-state index in [-0.39, 0.29) is 12.2 Å². The SMILES string of the molecule is ClC1=C(Cl)NC2=C[C@H]3OCCO[C@H]3C=C2N1. The van der Waals surface area contributed by atoms with Crippen LogP contribution in [-0.2, 0) is 9.47 Å². The summed E-state index contributed by atoms with van der Waals surface area (Å²) in [5, 5.41) is 6.80. The van der Waals surface area contributed by atoms with E-state index in [9.17, 15) is 0 Å². The lowest BCUT2D eigenvalue weighted by Gasteiger charge is -2.34. The molecule has 16 heavy (non-hydrogen) atoms. The number of fused-ring (bicyclic) bond motifs is 2. The highest BCUT2D eigenvalue weighted by molar-refractivity contribution is 6.39. The van der Waals surface area contributed by atoms with E-state index in [0.29, 0.717) is 23.5 Å². The molecule has 6 heteroatoms. The Kier molecular flexibility index (Phi) is 2.59. The minimum absolute atomic E-state index is 0.0526. The van der Waals surface area contributed by atoms with Crippen molar-refractivity contribution in [3.05, 3.63) is 33.9 Å². The van der Waals surface area contributed by atoms with E-state index in [1.165, 1.54) is 0 Å². The van der Waals surface area contributed by atoms with Crippen molar-refractivity contribution in [2.24, 2.45) is 0 Å². The third-order valence-electron chi connectivity index (χ3n) is 2.66. The summed E-state index contributed by atoms with van der Waals surface area (Å²) in [6, 6.07) is 0. The number of nitrogens with one attached hydrogen (secondary N) is 2. The van der Waals surface area contributed by atoms with E-state index in [2.05, 4.69) is 10.6 Å². The molecule has 2 heterocycles. The van der Waals surface area contributed by atoms with Crippen LogP contribution in [0.5, 0.6) is 0 Å². The molecule has 0 bridgehead atoms. The Morgan fingerprint density at radius 2 is 1.38 bits per heavy atom. The van der Waals surface area contributed by atoms with Crippen molar-refractivity contribution in [1.29, 1.82) is 0 Å². The van der Waals surface area contributed by atoms with E-state index in [1.54, 1.807) is 0 Å². The Labute approximate surface area is 103 Å². The molecule has 0 amide bonds. The largest absolute Gasteiger partial charge is 0.369 e. The average Bonchev–Trinajstić information content (AvgIpc) is 2.28. The van der Waals surface area contributed by atoms with Crippen molar-refractivity contribution in [3.63, 3.8) is 0 Å². The molecule has 0 spiro atoms. The summed E-state index contributed by atoms with van der Waals surface area (Å²) in [7, 11) is 0. The summed E-state index contributed by atoms with van der Waals surface area (Å²) in [6.07, 6.45) is 3.81. The number of rotatable bonds is 0. The van der Waals surface area contributed by atoms with E-state index in [4.69, 9.17) is 32.7 Å². The fourth-order valence-corrected chi connectivity index (χ4v) is 2.21. The first-order valence-electron chi connectivity index (χ1n) is 5.00. The molecule has 1 saturated heterocycles. The van der Waals surface area contributed by atoms with Crippen molar-refractivity contribution >= 4 is 23.2 Å². The van der Waals surface area contributed by atoms with Gasteiger partial charge in [0.15, 0.2) is 0 Å². The molecule has 0 aromatic heterocycles. The first-order chi connectivity index (χ1) is 7.74. The van der Waals surface area contributed by atoms with Gasteiger partial charge < -0.3 is 20.1 Å². The lowest BCUT2D eigenvalue weighted by atomic mass is 10.0. The minimum atomic E-state index is -0.0526. The standard InChI is InChI=1S/C10H10Cl2N2O2/c11-9-10(12)14-6-4-8-7(3-5(6)13-9)15-1-2-16-8/h3-4,7-8,13-14H,1-2H2/t7-,8+. The molecule has 3 aliphatic rings. The van der Waals surface area contributed by atoms with Crippen molar-refractivity contribution < 1.29 is 9.47 Å². The highest BCUT2D eigenvalue weighted by atomic mass is 35.5. The lowest BCUT2D eigenvalue weighted by Crippen LogP contribution is -2.42. The zero-order valence-corrected chi connectivity index (χ0v) is 9.81. The van der Waals surface area contributed by atoms with Crippen LogP contribution in [0.1, 0.15) is 0 Å². The molecule has 4 nitrogen and oxygen atoms in total. The second-order valence-electron chi connectivity index (χ2n) is 3.71. The van der Waals surface area contributed by atoms with Crippen molar-refractivity contribution in [2.45, 2.75) is 12.2 Å². The van der Waals surface area contributed by atoms with Crippen LogP contribution >= 0.6 is 23.2 Å².